The molecule has 0 spiro atoms. The lowest BCUT2D eigenvalue weighted by Gasteiger charge is -2.14. The van der Waals surface area contributed by atoms with Crippen LogP contribution in [0.2, 0.25) is 0 Å². The molecule has 0 fully saturated rings. The average Bonchev–Trinajstić information content (AvgIpc) is 2.26. The Balaban J connectivity index is 2.84. The Bertz CT molecular complexity index is 342. The molecule has 0 aliphatic heterocycles. The smallest absolute Gasteiger partial charge is 0.137 e. The summed E-state index contributed by atoms with van der Waals surface area (Å²) in [6.45, 7) is 3.61. The van der Waals surface area contributed by atoms with E-state index in [2.05, 4.69) is 0 Å². The SMILES string of the molecule is CC(CO)CSc1c(F)cccc1[C@@H](C)O. The van der Waals surface area contributed by atoms with Crippen molar-refractivity contribution in [2.24, 2.45) is 5.92 Å². The van der Waals surface area contributed by atoms with Gasteiger partial charge in [-0.25, -0.2) is 4.39 Å². The first-order valence-corrected chi connectivity index (χ1v) is 6.25. The van der Waals surface area contributed by atoms with Crippen LogP contribution in [0.5, 0.6) is 0 Å². The van der Waals surface area contributed by atoms with E-state index < -0.39 is 6.10 Å². The normalized spacial score (nSPS) is 14.8. The Morgan fingerprint density at radius 3 is 2.62 bits per heavy atom. The lowest BCUT2D eigenvalue weighted by Crippen LogP contribution is -2.05. The minimum atomic E-state index is -0.678. The average molecular weight is 244 g/mol. The minimum Gasteiger partial charge on any atom is -0.396 e. The number of benzene rings is 1. The van der Waals surface area contributed by atoms with Gasteiger partial charge >= 0.3 is 0 Å². The molecule has 0 saturated carbocycles. The zero-order valence-electron chi connectivity index (χ0n) is 9.48. The van der Waals surface area contributed by atoms with Gasteiger partial charge in [-0.2, -0.15) is 0 Å². The first-order valence-electron chi connectivity index (χ1n) is 5.26. The summed E-state index contributed by atoms with van der Waals surface area (Å²) in [7, 11) is 0. The monoisotopic (exact) mass is 244 g/mol. The molecule has 0 heterocycles. The van der Waals surface area contributed by atoms with Gasteiger partial charge in [-0.1, -0.05) is 19.1 Å². The fraction of sp³-hybridized carbons (Fsp3) is 0.500. The summed E-state index contributed by atoms with van der Waals surface area (Å²) in [4.78, 5) is 0.484. The second-order valence-corrected chi connectivity index (χ2v) is 4.96. The van der Waals surface area contributed by atoms with E-state index in [0.29, 0.717) is 16.2 Å². The third-order valence-corrected chi connectivity index (χ3v) is 3.73. The van der Waals surface area contributed by atoms with E-state index in [9.17, 15) is 9.50 Å². The van der Waals surface area contributed by atoms with Gasteiger partial charge in [0, 0.05) is 17.3 Å². The highest BCUT2D eigenvalue weighted by molar-refractivity contribution is 7.99. The van der Waals surface area contributed by atoms with Crippen LogP contribution in [0.3, 0.4) is 0 Å². The molecule has 2 nitrogen and oxygen atoms in total. The van der Waals surface area contributed by atoms with Crippen molar-refractivity contribution in [2.75, 3.05) is 12.4 Å². The summed E-state index contributed by atoms with van der Waals surface area (Å²) in [5.74, 6) is 0.442. The molecule has 90 valence electrons. The molecule has 0 bridgehead atoms. The molecule has 0 aliphatic rings. The van der Waals surface area contributed by atoms with E-state index >= 15 is 0 Å². The van der Waals surface area contributed by atoms with E-state index in [0.717, 1.165) is 0 Å². The highest BCUT2D eigenvalue weighted by Crippen LogP contribution is 2.31. The molecule has 0 radical (unpaired) electrons. The van der Waals surface area contributed by atoms with Gasteiger partial charge in [0.05, 0.1) is 6.10 Å². The van der Waals surface area contributed by atoms with Crippen molar-refractivity contribution >= 4 is 11.8 Å². The largest absolute Gasteiger partial charge is 0.396 e. The number of rotatable bonds is 5. The molecule has 2 atom stereocenters. The minimum absolute atomic E-state index is 0.0888. The quantitative estimate of drug-likeness (QED) is 0.782. The Labute approximate surface area is 99.5 Å². The summed E-state index contributed by atoms with van der Waals surface area (Å²) in [5, 5.41) is 18.4. The molecule has 2 N–H and O–H groups in total. The molecular weight excluding hydrogens is 227 g/mol. The van der Waals surface area contributed by atoms with E-state index in [-0.39, 0.29) is 18.3 Å². The van der Waals surface area contributed by atoms with Crippen LogP contribution >= 0.6 is 11.8 Å². The first kappa shape index (κ1) is 13.5. The maximum Gasteiger partial charge on any atom is 0.137 e. The number of hydrogen-bond donors (Lipinski definition) is 2. The van der Waals surface area contributed by atoms with E-state index in [1.54, 1.807) is 19.1 Å². The molecule has 0 aromatic heterocycles. The molecule has 4 heteroatoms. The van der Waals surface area contributed by atoms with Gasteiger partial charge in [0.25, 0.3) is 0 Å². The van der Waals surface area contributed by atoms with Crippen molar-refractivity contribution < 1.29 is 14.6 Å². The van der Waals surface area contributed by atoms with Crippen LogP contribution in [0.25, 0.3) is 0 Å². The number of thioether (sulfide) groups is 1. The third-order valence-electron chi connectivity index (χ3n) is 2.27. The fourth-order valence-corrected chi connectivity index (χ4v) is 2.45. The third kappa shape index (κ3) is 3.47. The van der Waals surface area contributed by atoms with Crippen LogP contribution in [-0.4, -0.2) is 22.6 Å². The predicted octanol–water partition coefficient (Wildman–Crippen LogP) is 2.60. The van der Waals surface area contributed by atoms with Gasteiger partial charge < -0.3 is 10.2 Å². The number of aliphatic hydroxyl groups is 2. The first-order chi connectivity index (χ1) is 7.56. The molecule has 16 heavy (non-hydrogen) atoms. The van der Waals surface area contributed by atoms with Crippen molar-refractivity contribution in [3.05, 3.63) is 29.6 Å². The van der Waals surface area contributed by atoms with Crippen LogP contribution in [-0.2, 0) is 0 Å². The number of halogens is 1. The Morgan fingerprint density at radius 1 is 1.38 bits per heavy atom. The molecule has 0 amide bonds. The van der Waals surface area contributed by atoms with Crippen LogP contribution in [0.1, 0.15) is 25.5 Å². The van der Waals surface area contributed by atoms with Gasteiger partial charge in [0.1, 0.15) is 5.82 Å². The summed E-state index contributed by atoms with van der Waals surface area (Å²) < 4.78 is 13.6. The van der Waals surface area contributed by atoms with Crippen LogP contribution in [0.15, 0.2) is 23.1 Å². The maximum absolute atomic E-state index is 13.6. The predicted molar refractivity (Wildman–Crippen MR) is 64.0 cm³/mol. The van der Waals surface area contributed by atoms with Crippen LogP contribution in [0, 0.1) is 11.7 Å². The summed E-state index contributed by atoms with van der Waals surface area (Å²) in [6.07, 6.45) is -0.678. The van der Waals surface area contributed by atoms with Gasteiger partial charge in [0.2, 0.25) is 0 Å². The molecule has 0 saturated heterocycles. The van der Waals surface area contributed by atoms with Crippen molar-refractivity contribution in [3.63, 3.8) is 0 Å². The standard InChI is InChI=1S/C12H17FO2S/c1-8(6-14)7-16-12-10(9(2)15)4-3-5-11(12)13/h3-5,8-9,14-15H,6-7H2,1-2H3/t8?,9-/m1/s1. The van der Waals surface area contributed by atoms with E-state index in [4.69, 9.17) is 5.11 Å². The highest BCUT2D eigenvalue weighted by Gasteiger charge is 2.13. The zero-order chi connectivity index (χ0) is 12.1. The van der Waals surface area contributed by atoms with Gasteiger partial charge in [0.15, 0.2) is 0 Å². The lowest BCUT2D eigenvalue weighted by molar-refractivity contribution is 0.195. The maximum atomic E-state index is 13.6. The second-order valence-electron chi connectivity index (χ2n) is 3.93. The van der Waals surface area contributed by atoms with Gasteiger partial charge in [-0.15, -0.1) is 11.8 Å². The van der Waals surface area contributed by atoms with Crippen molar-refractivity contribution in [1.29, 1.82) is 0 Å². The van der Waals surface area contributed by atoms with Crippen LogP contribution < -0.4 is 0 Å². The van der Waals surface area contributed by atoms with Crippen molar-refractivity contribution in [3.8, 4) is 0 Å². The second kappa shape index (κ2) is 6.23. The summed E-state index contributed by atoms with van der Waals surface area (Å²) in [5.41, 5.74) is 0.607. The Kier molecular flexibility index (Phi) is 5.25. The Morgan fingerprint density at radius 2 is 2.06 bits per heavy atom. The molecule has 1 aromatic rings. The highest BCUT2D eigenvalue weighted by atomic mass is 32.2. The fourth-order valence-electron chi connectivity index (χ4n) is 1.29. The topological polar surface area (TPSA) is 40.5 Å². The zero-order valence-corrected chi connectivity index (χ0v) is 10.3. The summed E-state index contributed by atoms with van der Waals surface area (Å²) >= 11 is 1.34. The molecule has 1 rings (SSSR count). The van der Waals surface area contributed by atoms with Crippen molar-refractivity contribution in [1.82, 2.24) is 0 Å². The van der Waals surface area contributed by atoms with E-state index in [1.807, 2.05) is 6.92 Å². The number of aliphatic hydroxyl groups excluding tert-OH is 2. The summed E-state index contributed by atoms with van der Waals surface area (Å²) in [6, 6.07) is 4.70. The van der Waals surface area contributed by atoms with E-state index in [1.165, 1.54) is 17.8 Å². The van der Waals surface area contributed by atoms with Crippen molar-refractivity contribution in [2.45, 2.75) is 24.8 Å². The molecule has 0 aliphatic carbocycles. The van der Waals surface area contributed by atoms with Gasteiger partial charge in [-0.05, 0) is 24.5 Å². The molecular formula is C12H17FO2S. The molecule has 1 aromatic carbocycles. The molecule has 1 unspecified atom stereocenters. The Hall–Kier alpha value is -0.580. The number of hydrogen-bond acceptors (Lipinski definition) is 3. The lowest BCUT2D eigenvalue weighted by atomic mass is 10.1. The van der Waals surface area contributed by atoms with Gasteiger partial charge in [-0.3, -0.25) is 0 Å². The van der Waals surface area contributed by atoms with Crippen LogP contribution in [0.4, 0.5) is 4.39 Å².